The number of nitrogens with zero attached hydrogens (tertiary/aromatic N) is 2. The quantitative estimate of drug-likeness (QED) is 0.907. The highest BCUT2D eigenvalue weighted by Crippen LogP contribution is 2.16. The Balaban J connectivity index is 2.00. The summed E-state index contributed by atoms with van der Waals surface area (Å²) in [4.78, 5) is 11.3. The summed E-state index contributed by atoms with van der Waals surface area (Å²) in [6.07, 6.45) is 0. The summed E-state index contributed by atoms with van der Waals surface area (Å²) in [6.45, 7) is 0.425. The van der Waals surface area contributed by atoms with Crippen molar-refractivity contribution < 1.29 is 9.18 Å². The molecule has 0 spiro atoms. The van der Waals surface area contributed by atoms with Crippen LogP contribution in [0.15, 0.2) is 30.3 Å². The zero-order valence-corrected chi connectivity index (χ0v) is 11.4. The van der Waals surface area contributed by atoms with Gasteiger partial charge in [-0.3, -0.25) is 4.79 Å². The van der Waals surface area contributed by atoms with Crippen LogP contribution in [-0.4, -0.2) is 23.2 Å². The maximum Gasteiger partial charge on any atom is 0.271 e. The Morgan fingerprint density at radius 1 is 1.30 bits per heavy atom. The Morgan fingerprint density at radius 3 is 2.70 bits per heavy atom. The molecule has 0 saturated heterocycles. The van der Waals surface area contributed by atoms with Crippen molar-refractivity contribution in [3.05, 3.63) is 52.4 Å². The van der Waals surface area contributed by atoms with Crippen LogP contribution < -0.4 is 10.6 Å². The second-order valence-corrected chi connectivity index (χ2v) is 4.39. The van der Waals surface area contributed by atoms with Gasteiger partial charge >= 0.3 is 0 Å². The van der Waals surface area contributed by atoms with Crippen molar-refractivity contribution in [3.8, 4) is 0 Å². The van der Waals surface area contributed by atoms with E-state index in [4.69, 9.17) is 11.6 Å². The summed E-state index contributed by atoms with van der Waals surface area (Å²) < 4.78 is 13.0. The van der Waals surface area contributed by atoms with Crippen LogP contribution >= 0.6 is 11.6 Å². The largest absolute Gasteiger partial charge is 0.365 e. The predicted molar refractivity (Wildman–Crippen MR) is 74.2 cm³/mol. The SMILES string of the molecule is CNC(=O)c1ccc(NCc2ccc(F)c(Cl)c2)nn1. The van der Waals surface area contributed by atoms with Gasteiger partial charge in [0.05, 0.1) is 5.02 Å². The summed E-state index contributed by atoms with van der Waals surface area (Å²) in [5, 5.41) is 13.2. The average molecular weight is 295 g/mol. The van der Waals surface area contributed by atoms with E-state index in [-0.39, 0.29) is 16.6 Å². The lowest BCUT2D eigenvalue weighted by Crippen LogP contribution is -2.19. The van der Waals surface area contributed by atoms with Gasteiger partial charge in [0.1, 0.15) is 11.6 Å². The van der Waals surface area contributed by atoms with Crippen molar-refractivity contribution in [2.75, 3.05) is 12.4 Å². The van der Waals surface area contributed by atoms with E-state index < -0.39 is 5.82 Å². The Morgan fingerprint density at radius 2 is 2.10 bits per heavy atom. The van der Waals surface area contributed by atoms with Gasteiger partial charge < -0.3 is 10.6 Å². The first-order valence-corrected chi connectivity index (χ1v) is 6.21. The average Bonchev–Trinajstić information content (AvgIpc) is 2.48. The standard InChI is InChI=1S/C13H12ClFN4O/c1-16-13(20)11-4-5-12(19-18-11)17-7-8-2-3-10(15)9(14)6-8/h2-6H,7H2,1H3,(H,16,20)(H,17,19). The highest BCUT2D eigenvalue weighted by Gasteiger charge is 2.05. The van der Waals surface area contributed by atoms with Crippen LogP contribution in [-0.2, 0) is 6.54 Å². The molecule has 0 saturated carbocycles. The Kier molecular flexibility index (Phi) is 4.47. The van der Waals surface area contributed by atoms with E-state index in [2.05, 4.69) is 20.8 Å². The third-order valence-corrected chi connectivity index (χ3v) is 2.87. The Bertz CT molecular complexity index is 618. The fourth-order valence-corrected chi connectivity index (χ4v) is 1.72. The van der Waals surface area contributed by atoms with E-state index >= 15 is 0 Å². The van der Waals surface area contributed by atoms with E-state index in [0.717, 1.165) is 5.56 Å². The van der Waals surface area contributed by atoms with Gasteiger partial charge in [0.25, 0.3) is 5.91 Å². The molecule has 1 aromatic carbocycles. The van der Waals surface area contributed by atoms with Gasteiger partial charge in [0.2, 0.25) is 0 Å². The third kappa shape index (κ3) is 3.42. The number of hydrogen-bond donors (Lipinski definition) is 2. The minimum atomic E-state index is -0.454. The normalized spacial score (nSPS) is 10.2. The second kappa shape index (κ2) is 6.29. The molecule has 0 bridgehead atoms. The Hall–Kier alpha value is -2.21. The molecular formula is C13H12ClFN4O. The molecule has 0 aliphatic rings. The molecule has 2 rings (SSSR count). The number of carbonyl (C=O) groups is 1. The molecule has 0 fully saturated rings. The number of benzene rings is 1. The zero-order valence-electron chi connectivity index (χ0n) is 10.7. The highest BCUT2D eigenvalue weighted by molar-refractivity contribution is 6.30. The summed E-state index contributed by atoms with van der Waals surface area (Å²) >= 11 is 5.69. The van der Waals surface area contributed by atoms with E-state index in [0.29, 0.717) is 12.4 Å². The first-order valence-electron chi connectivity index (χ1n) is 5.84. The number of carbonyl (C=O) groups excluding carboxylic acids is 1. The maximum absolute atomic E-state index is 13.0. The van der Waals surface area contributed by atoms with Gasteiger partial charge in [-0.05, 0) is 29.8 Å². The molecule has 2 N–H and O–H groups in total. The van der Waals surface area contributed by atoms with E-state index in [1.807, 2.05) is 0 Å². The fourth-order valence-electron chi connectivity index (χ4n) is 1.52. The van der Waals surface area contributed by atoms with Crippen molar-refractivity contribution in [2.45, 2.75) is 6.54 Å². The smallest absolute Gasteiger partial charge is 0.271 e. The first kappa shape index (κ1) is 14.2. The molecule has 5 nitrogen and oxygen atoms in total. The fraction of sp³-hybridized carbons (Fsp3) is 0.154. The third-order valence-electron chi connectivity index (χ3n) is 2.58. The van der Waals surface area contributed by atoms with Gasteiger partial charge in [-0.15, -0.1) is 10.2 Å². The monoisotopic (exact) mass is 294 g/mol. The number of amides is 1. The molecule has 0 radical (unpaired) electrons. The number of hydrogen-bond acceptors (Lipinski definition) is 4. The summed E-state index contributed by atoms with van der Waals surface area (Å²) in [7, 11) is 1.52. The number of nitrogens with one attached hydrogen (secondary N) is 2. The van der Waals surface area contributed by atoms with Gasteiger partial charge in [-0.1, -0.05) is 17.7 Å². The molecule has 2 aromatic rings. The van der Waals surface area contributed by atoms with Crippen LogP contribution in [0.2, 0.25) is 5.02 Å². The molecule has 0 aliphatic heterocycles. The number of anilines is 1. The van der Waals surface area contributed by atoms with Crippen LogP contribution in [0.1, 0.15) is 16.1 Å². The summed E-state index contributed by atoms with van der Waals surface area (Å²) in [5.74, 6) is -0.238. The van der Waals surface area contributed by atoms with Gasteiger partial charge in [-0.2, -0.15) is 0 Å². The zero-order chi connectivity index (χ0) is 14.5. The van der Waals surface area contributed by atoms with E-state index in [1.54, 1.807) is 18.2 Å². The molecule has 1 heterocycles. The van der Waals surface area contributed by atoms with Crippen LogP contribution in [0.5, 0.6) is 0 Å². The molecule has 0 unspecified atom stereocenters. The molecular weight excluding hydrogens is 283 g/mol. The van der Waals surface area contributed by atoms with Crippen molar-refractivity contribution in [1.29, 1.82) is 0 Å². The van der Waals surface area contributed by atoms with Crippen LogP contribution in [0, 0.1) is 5.82 Å². The molecule has 7 heteroatoms. The Labute approximate surface area is 120 Å². The number of rotatable bonds is 4. The van der Waals surface area contributed by atoms with E-state index in [9.17, 15) is 9.18 Å². The first-order chi connectivity index (χ1) is 9.60. The van der Waals surface area contributed by atoms with Crippen LogP contribution in [0.3, 0.4) is 0 Å². The minimum absolute atomic E-state index is 0.0744. The molecule has 0 atom stereocenters. The second-order valence-electron chi connectivity index (χ2n) is 3.98. The summed E-state index contributed by atoms with van der Waals surface area (Å²) in [5.41, 5.74) is 1.05. The van der Waals surface area contributed by atoms with Gasteiger partial charge in [0.15, 0.2) is 5.69 Å². The van der Waals surface area contributed by atoms with Gasteiger partial charge in [-0.25, -0.2) is 4.39 Å². The number of halogens is 2. The van der Waals surface area contributed by atoms with Crippen LogP contribution in [0.4, 0.5) is 10.2 Å². The van der Waals surface area contributed by atoms with E-state index in [1.165, 1.54) is 19.2 Å². The molecule has 20 heavy (non-hydrogen) atoms. The van der Waals surface area contributed by atoms with Crippen molar-refractivity contribution in [3.63, 3.8) is 0 Å². The van der Waals surface area contributed by atoms with Crippen molar-refractivity contribution >= 4 is 23.3 Å². The van der Waals surface area contributed by atoms with Gasteiger partial charge in [0, 0.05) is 13.6 Å². The molecule has 104 valence electrons. The lowest BCUT2D eigenvalue weighted by atomic mass is 10.2. The molecule has 1 aromatic heterocycles. The van der Waals surface area contributed by atoms with Crippen molar-refractivity contribution in [2.24, 2.45) is 0 Å². The lowest BCUT2D eigenvalue weighted by molar-refractivity contribution is 0.0957. The lowest BCUT2D eigenvalue weighted by Gasteiger charge is -2.06. The number of aromatic nitrogens is 2. The molecule has 1 amide bonds. The summed E-state index contributed by atoms with van der Waals surface area (Å²) in [6, 6.07) is 7.67. The minimum Gasteiger partial charge on any atom is -0.365 e. The predicted octanol–water partition coefficient (Wildman–Crippen LogP) is 2.24. The van der Waals surface area contributed by atoms with Crippen molar-refractivity contribution in [1.82, 2.24) is 15.5 Å². The maximum atomic E-state index is 13.0. The topological polar surface area (TPSA) is 66.9 Å². The molecule has 0 aliphatic carbocycles. The van der Waals surface area contributed by atoms with Crippen LogP contribution in [0.25, 0.3) is 0 Å². The highest BCUT2D eigenvalue weighted by atomic mass is 35.5.